The van der Waals surface area contributed by atoms with Crippen molar-refractivity contribution in [3.05, 3.63) is 52.2 Å². The lowest BCUT2D eigenvalue weighted by atomic mass is 9.42. The monoisotopic (exact) mass is 1180 g/mol. The molecule has 334 valence electrons. The largest absolute Gasteiger partial charge is 0.461 e. The van der Waals surface area contributed by atoms with Crippen LogP contribution in [0.25, 0.3) is 0 Å². The van der Waals surface area contributed by atoms with E-state index in [4.69, 9.17) is 14.2 Å². The summed E-state index contributed by atoms with van der Waals surface area (Å²) in [5.41, 5.74) is -1.05. The van der Waals surface area contributed by atoms with E-state index < -0.39 is 41.5 Å². The molecule has 0 radical (unpaired) electrons. The highest BCUT2D eigenvalue weighted by atomic mass is 127. The molecule has 5 N–H and O–H groups in total. The van der Waals surface area contributed by atoms with Crippen molar-refractivity contribution >= 4 is 109 Å². The number of hydrogen-bond acceptors (Lipinski definition) is 11. The average molecular weight is 1180 g/mol. The average Bonchev–Trinajstić information content (AvgIpc) is 3.56. The second-order valence-corrected chi connectivity index (χ2v) is 21.5. The van der Waals surface area contributed by atoms with Gasteiger partial charge in [0, 0.05) is 27.2 Å². The van der Waals surface area contributed by atoms with Gasteiger partial charge in [-0.05, 0) is 171 Å². The van der Waals surface area contributed by atoms with Gasteiger partial charge in [-0.25, -0.2) is 9.59 Å². The molecule has 12 unspecified atom stereocenters. The minimum atomic E-state index is -1.89. The molecule has 13 nitrogen and oxygen atoms in total. The molecule has 0 spiro atoms. The molecule has 0 aromatic heterocycles. The molecular weight excluding hydrogens is 1130 g/mol. The zero-order chi connectivity index (χ0) is 44.8. The zero-order valence-corrected chi connectivity index (χ0v) is 41.9. The Morgan fingerprint density at radius 1 is 0.852 bits per heavy atom. The summed E-state index contributed by atoms with van der Waals surface area (Å²) >= 11 is 5.82. The van der Waals surface area contributed by atoms with Crippen LogP contribution in [-0.4, -0.2) is 69.1 Å². The Morgan fingerprint density at radius 3 is 2.08 bits per heavy atom. The van der Waals surface area contributed by atoms with Crippen LogP contribution in [-0.2, 0) is 40.0 Å². The van der Waals surface area contributed by atoms with Crippen molar-refractivity contribution in [2.24, 2.45) is 46.3 Å². The van der Waals surface area contributed by atoms with Crippen LogP contribution in [0.2, 0.25) is 0 Å². The normalized spacial score (nSPS) is 32.6. The summed E-state index contributed by atoms with van der Waals surface area (Å²) in [6.07, 6.45) is 1.54. The summed E-state index contributed by atoms with van der Waals surface area (Å²) in [5, 5.41) is 41.4. The number of ether oxygens (including phenoxy) is 3. The van der Waals surface area contributed by atoms with E-state index in [1.165, 1.54) is 20.8 Å². The summed E-state index contributed by atoms with van der Waals surface area (Å²) < 4.78 is 18.0. The van der Waals surface area contributed by atoms with Crippen molar-refractivity contribution < 1.29 is 53.5 Å². The molecule has 0 heterocycles. The van der Waals surface area contributed by atoms with Gasteiger partial charge in [0.05, 0.1) is 39.9 Å². The molecule has 4 aliphatic carbocycles. The summed E-state index contributed by atoms with van der Waals surface area (Å²) in [6.45, 7) is 10.8. The summed E-state index contributed by atoms with van der Waals surface area (Å²) in [6, 6.07) is 9.60. The third-order valence-electron chi connectivity index (χ3n) is 14.7. The van der Waals surface area contributed by atoms with Gasteiger partial charge < -0.3 is 40.2 Å². The van der Waals surface area contributed by atoms with Gasteiger partial charge in [-0.15, -0.1) is 0 Å². The summed E-state index contributed by atoms with van der Waals surface area (Å²) in [7, 11) is 0. The number of esters is 3. The Labute approximate surface area is 398 Å². The molecule has 12 atom stereocenters. The minimum Gasteiger partial charge on any atom is -0.461 e. The predicted octanol–water partition coefficient (Wildman–Crippen LogP) is 7.95. The van der Waals surface area contributed by atoms with Gasteiger partial charge in [0.25, 0.3) is 0 Å². The molecule has 0 saturated heterocycles. The van der Waals surface area contributed by atoms with E-state index in [9.17, 15) is 39.3 Å². The Morgan fingerprint density at radius 2 is 1.48 bits per heavy atom. The number of hydrogen-bond donors (Lipinski definition) is 5. The Bertz CT molecular complexity index is 1990. The topological polar surface area (TPSA) is 198 Å². The van der Waals surface area contributed by atoms with Crippen molar-refractivity contribution in [1.82, 2.24) is 0 Å². The van der Waals surface area contributed by atoms with Crippen LogP contribution in [0, 0.1) is 57.0 Å². The number of aliphatic hydroxyl groups is 3. The standard InChI is InChI=1S/C45H57I3N2O11/c1-22(12-15-33(55)59-21-26-10-8-7-9-11-26)28-13-14-29-34-30(19-32(54)44(28,29)6)43(5)16-17-45(58,20-27(43)18-31(34)53)42(57)61-25(4)60-41(56)35-36(46)39(49-23(2)51)38(48)40(37(35)47)50-24(3)52/h7-11,22,25,27-32,34,53-54,58H,12-21H2,1-6H3,(H,49,51)(H,50,52). The van der Waals surface area contributed by atoms with Crippen LogP contribution in [0.4, 0.5) is 11.4 Å². The number of fused-ring (bicyclic) bond motifs is 5. The lowest BCUT2D eigenvalue weighted by Gasteiger charge is -2.64. The summed E-state index contributed by atoms with van der Waals surface area (Å²) in [5.74, 6) is -2.69. The number of carbonyl (C=O) groups is 5. The predicted molar refractivity (Wildman–Crippen MR) is 252 cm³/mol. The first-order chi connectivity index (χ1) is 28.6. The molecule has 4 aliphatic rings. The van der Waals surface area contributed by atoms with Crippen molar-refractivity contribution in [3.8, 4) is 0 Å². The van der Waals surface area contributed by atoms with Crippen molar-refractivity contribution in [2.75, 3.05) is 10.6 Å². The Kier molecular flexibility index (Phi) is 15.2. The van der Waals surface area contributed by atoms with Gasteiger partial charge in [-0.3, -0.25) is 14.4 Å². The number of halogens is 3. The van der Waals surface area contributed by atoms with E-state index in [0.29, 0.717) is 54.2 Å². The van der Waals surface area contributed by atoms with Crippen LogP contribution >= 0.6 is 67.8 Å². The fourth-order valence-electron chi connectivity index (χ4n) is 11.6. The molecule has 2 aromatic rings. The fourth-order valence-corrected chi connectivity index (χ4v) is 15.7. The minimum absolute atomic E-state index is 0.0274. The quantitative estimate of drug-likeness (QED) is 0.0786. The van der Waals surface area contributed by atoms with Crippen LogP contribution < -0.4 is 10.6 Å². The molecule has 16 heteroatoms. The fraction of sp³-hybridized carbons (Fsp3) is 0.622. The number of rotatable bonds is 12. The van der Waals surface area contributed by atoms with Crippen molar-refractivity contribution in [3.63, 3.8) is 0 Å². The highest BCUT2D eigenvalue weighted by molar-refractivity contribution is 14.1. The lowest BCUT2D eigenvalue weighted by Crippen LogP contribution is -2.64. The molecule has 0 bridgehead atoms. The third kappa shape index (κ3) is 9.64. The molecule has 6 rings (SSSR count). The molecule has 0 aliphatic heterocycles. The van der Waals surface area contributed by atoms with Crippen LogP contribution in [0.3, 0.4) is 0 Å². The first-order valence-electron chi connectivity index (χ1n) is 21.1. The van der Waals surface area contributed by atoms with Crippen molar-refractivity contribution in [1.29, 1.82) is 0 Å². The van der Waals surface area contributed by atoms with E-state index in [0.717, 1.165) is 18.4 Å². The van der Waals surface area contributed by atoms with Crippen LogP contribution in [0.15, 0.2) is 30.3 Å². The lowest BCUT2D eigenvalue weighted by molar-refractivity contribution is -0.225. The number of aliphatic hydroxyl groups excluding tert-OH is 2. The smallest absolute Gasteiger partial charge is 0.343 e. The molecule has 2 amide bonds. The van der Waals surface area contributed by atoms with Gasteiger partial charge in [0.15, 0.2) is 5.60 Å². The molecule has 2 aromatic carbocycles. The molecule has 4 fully saturated rings. The van der Waals surface area contributed by atoms with Gasteiger partial charge in [-0.2, -0.15) is 0 Å². The zero-order valence-electron chi connectivity index (χ0n) is 35.4. The first-order valence-corrected chi connectivity index (χ1v) is 24.3. The van der Waals surface area contributed by atoms with Crippen LogP contribution in [0.5, 0.6) is 0 Å². The third-order valence-corrected chi connectivity index (χ3v) is 17.9. The number of carbonyl (C=O) groups excluding carboxylic acids is 5. The van der Waals surface area contributed by atoms with E-state index in [-0.39, 0.29) is 83.7 Å². The van der Waals surface area contributed by atoms with Gasteiger partial charge in [0.1, 0.15) is 6.61 Å². The number of amides is 2. The first kappa shape index (κ1) is 48.3. The van der Waals surface area contributed by atoms with Gasteiger partial charge >= 0.3 is 17.9 Å². The van der Waals surface area contributed by atoms with Crippen molar-refractivity contribution in [2.45, 2.75) is 130 Å². The molecule has 61 heavy (non-hydrogen) atoms. The number of anilines is 2. The highest BCUT2D eigenvalue weighted by Gasteiger charge is 2.67. The number of nitrogens with one attached hydrogen (secondary N) is 2. The van der Waals surface area contributed by atoms with Crippen LogP contribution in [0.1, 0.15) is 115 Å². The highest BCUT2D eigenvalue weighted by Crippen LogP contribution is 2.69. The second-order valence-electron chi connectivity index (χ2n) is 18.3. The maximum absolute atomic E-state index is 13.8. The maximum Gasteiger partial charge on any atom is 0.343 e. The van der Waals surface area contributed by atoms with E-state index >= 15 is 0 Å². The Hall–Kier alpha value is -2.14. The molecule has 4 saturated carbocycles. The van der Waals surface area contributed by atoms with E-state index in [1.54, 1.807) is 0 Å². The number of benzene rings is 2. The summed E-state index contributed by atoms with van der Waals surface area (Å²) in [4.78, 5) is 64.2. The maximum atomic E-state index is 13.8. The SMILES string of the molecule is CC(=O)Nc1c(I)c(NC(C)=O)c(I)c(C(=O)OC(C)OC(=O)C2(O)CCC3(C)C(CC(O)C4C3CC(O)C3(C)C(C(C)CCC(=O)OCc5ccccc5)CCC43)C2)c1I. The Balaban J connectivity index is 1.10. The second kappa shape index (κ2) is 19.1. The van der Waals surface area contributed by atoms with E-state index in [1.807, 2.05) is 98.1 Å². The molecular formula is C45H57I3N2O11. The van der Waals surface area contributed by atoms with Gasteiger partial charge in [0.2, 0.25) is 18.1 Å². The van der Waals surface area contributed by atoms with Gasteiger partial charge in [-0.1, -0.05) is 51.1 Å². The van der Waals surface area contributed by atoms with E-state index in [2.05, 4.69) is 31.4 Å².